The summed E-state index contributed by atoms with van der Waals surface area (Å²) in [5.74, 6) is -1.10. The minimum atomic E-state index is -0.556. The molecule has 2 heterocycles. The van der Waals surface area contributed by atoms with E-state index in [0.29, 0.717) is 16.3 Å². The maximum absolute atomic E-state index is 12.5. The third-order valence-electron chi connectivity index (χ3n) is 3.42. The van der Waals surface area contributed by atoms with Crippen LogP contribution in [-0.4, -0.2) is 28.0 Å². The molecular weight excluding hydrogens is 314 g/mol. The quantitative estimate of drug-likeness (QED) is 0.861. The number of carbonyl (C=O) groups excluding carboxylic acids is 3. The summed E-state index contributed by atoms with van der Waals surface area (Å²) in [6.07, 6.45) is 1.77. The monoisotopic (exact) mass is 327 g/mol. The lowest BCUT2D eigenvalue weighted by Crippen LogP contribution is -2.31. The third-order valence-corrected chi connectivity index (χ3v) is 4.55. The van der Waals surface area contributed by atoms with Gasteiger partial charge in [0.15, 0.2) is 0 Å². The maximum Gasteiger partial charge on any atom is 0.248 e. The number of carbonyl (C=O) groups is 3. The molecule has 7 heteroatoms. The molecule has 3 amide bonds. The van der Waals surface area contributed by atoms with E-state index >= 15 is 0 Å². The van der Waals surface area contributed by atoms with E-state index in [2.05, 4.69) is 4.98 Å². The van der Waals surface area contributed by atoms with E-state index in [-0.39, 0.29) is 18.2 Å². The summed E-state index contributed by atoms with van der Waals surface area (Å²) in [6, 6.07) is 11.5. The molecule has 1 aromatic heterocycles. The molecule has 3 rings (SSSR count). The third kappa shape index (κ3) is 3.09. The van der Waals surface area contributed by atoms with Crippen LogP contribution in [0, 0.1) is 0 Å². The molecule has 0 radical (unpaired) electrons. The van der Waals surface area contributed by atoms with Crippen molar-refractivity contribution in [3.63, 3.8) is 0 Å². The summed E-state index contributed by atoms with van der Waals surface area (Å²) in [4.78, 5) is 41.1. The van der Waals surface area contributed by atoms with E-state index in [1.54, 1.807) is 30.5 Å². The number of thioether (sulfide) groups is 1. The molecule has 0 aliphatic carbocycles. The van der Waals surface area contributed by atoms with Gasteiger partial charge >= 0.3 is 0 Å². The molecule has 6 nitrogen and oxygen atoms in total. The molecule has 2 N–H and O–H groups in total. The highest BCUT2D eigenvalue weighted by molar-refractivity contribution is 8.00. The molecule has 1 aliphatic heterocycles. The fraction of sp³-hybridized carbons (Fsp3) is 0.125. The van der Waals surface area contributed by atoms with Crippen molar-refractivity contribution in [2.75, 3.05) is 4.90 Å². The summed E-state index contributed by atoms with van der Waals surface area (Å²) in [5, 5.41) is 0.206. The first-order chi connectivity index (χ1) is 11.1. The standard InChI is InChI=1S/C16H13N3O3S/c17-15(21)10-4-6-11(7-5-10)19-14(20)9-12(16(19)22)23-13-3-1-2-8-18-13/h1-8,12H,9H2,(H2,17,21). The van der Waals surface area contributed by atoms with Gasteiger partial charge in [-0.2, -0.15) is 0 Å². The summed E-state index contributed by atoms with van der Waals surface area (Å²) in [6.45, 7) is 0. The topological polar surface area (TPSA) is 93.4 Å². The van der Waals surface area contributed by atoms with Crippen LogP contribution in [0.4, 0.5) is 5.69 Å². The van der Waals surface area contributed by atoms with Gasteiger partial charge in [0.25, 0.3) is 0 Å². The van der Waals surface area contributed by atoms with Crippen molar-refractivity contribution < 1.29 is 14.4 Å². The van der Waals surface area contributed by atoms with Crippen LogP contribution < -0.4 is 10.6 Å². The number of anilines is 1. The highest BCUT2D eigenvalue weighted by Crippen LogP contribution is 2.32. The van der Waals surface area contributed by atoms with Crippen LogP contribution in [0.1, 0.15) is 16.8 Å². The largest absolute Gasteiger partial charge is 0.366 e. The number of aromatic nitrogens is 1. The minimum Gasteiger partial charge on any atom is -0.366 e. The Hall–Kier alpha value is -2.67. The van der Waals surface area contributed by atoms with Crippen molar-refractivity contribution in [1.82, 2.24) is 4.98 Å². The Balaban J connectivity index is 1.79. The average Bonchev–Trinajstić information content (AvgIpc) is 2.82. The SMILES string of the molecule is NC(=O)c1ccc(N2C(=O)CC(Sc3ccccn3)C2=O)cc1. The van der Waals surface area contributed by atoms with Gasteiger partial charge in [-0.05, 0) is 36.4 Å². The van der Waals surface area contributed by atoms with Gasteiger partial charge in [0, 0.05) is 18.2 Å². The number of hydrogen-bond donors (Lipinski definition) is 1. The summed E-state index contributed by atoms with van der Waals surface area (Å²) < 4.78 is 0. The van der Waals surface area contributed by atoms with E-state index in [1.165, 1.54) is 23.9 Å². The first kappa shape index (κ1) is 15.2. The molecule has 0 saturated carbocycles. The van der Waals surface area contributed by atoms with Crippen molar-refractivity contribution in [2.24, 2.45) is 5.73 Å². The summed E-state index contributed by atoms with van der Waals surface area (Å²) in [5.41, 5.74) is 5.95. The fourth-order valence-electron chi connectivity index (χ4n) is 2.30. The number of imide groups is 1. The average molecular weight is 327 g/mol. The van der Waals surface area contributed by atoms with Crippen molar-refractivity contribution in [3.05, 3.63) is 54.2 Å². The second-order valence-electron chi connectivity index (χ2n) is 4.96. The molecule has 1 aliphatic rings. The smallest absolute Gasteiger partial charge is 0.248 e. The van der Waals surface area contributed by atoms with Crippen molar-refractivity contribution >= 4 is 35.2 Å². The van der Waals surface area contributed by atoms with Gasteiger partial charge < -0.3 is 5.73 Å². The van der Waals surface area contributed by atoms with Gasteiger partial charge in [-0.15, -0.1) is 0 Å². The van der Waals surface area contributed by atoms with Crippen LogP contribution in [-0.2, 0) is 9.59 Å². The Morgan fingerprint density at radius 2 is 1.91 bits per heavy atom. The molecule has 1 aromatic carbocycles. The Kier molecular flexibility index (Phi) is 4.12. The van der Waals surface area contributed by atoms with Gasteiger partial charge in [0.1, 0.15) is 0 Å². The van der Waals surface area contributed by atoms with E-state index in [4.69, 9.17) is 5.73 Å². The van der Waals surface area contributed by atoms with Crippen LogP contribution in [0.3, 0.4) is 0 Å². The maximum atomic E-state index is 12.5. The van der Waals surface area contributed by atoms with Gasteiger partial charge in [0.05, 0.1) is 16.0 Å². The molecule has 1 saturated heterocycles. The molecule has 2 aromatic rings. The van der Waals surface area contributed by atoms with Gasteiger partial charge in [-0.1, -0.05) is 17.8 Å². The second kappa shape index (κ2) is 6.21. The highest BCUT2D eigenvalue weighted by atomic mass is 32.2. The number of benzene rings is 1. The number of hydrogen-bond acceptors (Lipinski definition) is 5. The van der Waals surface area contributed by atoms with Crippen molar-refractivity contribution in [2.45, 2.75) is 16.7 Å². The molecule has 1 atom stereocenters. The van der Waals surface area contributed by atoms with Crippen LogP contribution >= 0.6 is 11.8 Å². The predicted molar refractivity (Wildman–Crippen MR) is 86.0 cm³/mol. The Morgan fingerprint density at radius 1 is 1.17 bits per heavy atom. The number of amides is 3. The van der Waals surface area contributed by atoms with Crippen LogP contribution in [0.2, 0.25) is 0 Å². The van der Waals surface area contributed by atoms with E-state index in [0.717, 1.165) is 4.90 Å². The Bertz CT molecular complexity index is 762. The van der Waals surface area contributed by atoms with Crippen molar-refractivity contribution in [1.29, 1.82) is 0 Å². The number of nitrogens with zero attached hydrogens (tertiary/aromatic N) is 2. The van der Waals surface area contributed by atoms with E-state index < -0.39 is 11.2 Å². The highest BCUT2D eigenvalue weighted by Gasteiger charge is 2.40. The Labute approximate surface area is 136 Å². The van der Waals surface area contributed by atoms with Crippen LogP contribution in [0.5, 0.6) is 0 Å². The zero-order valence-corrected chi connectivity index (χ0v) is 12.8. The zero-order valence-electron chi connectivity index (χ0n) is 12.0. The Morgan fingerprint density at radius 3 is 2.52 bits per heavy atom. The minimum absolute atomic E-state index is 0.123. The van der Waals surface area contributed by atoms with E-state index in [9.17, 15) is 14.4 Å². The van der Waals surface area contributed by atoms with Crippen molar-refractivity contribution in [3.8, 4) is 0 Å². The molecule has 0 spiro atoms. The molecule has 1 fully saturated rings. The van der Waals surface area contributed by atoms with Crippen LogP contribution in [0.15, 0.2) is 53.7 Å². The fourth-order valence-corrected chi connectivity index (χ4v) is 3.31. The number of nitrogens with two attached hydrogens (primary N) is 1. The summed E-state index contributed by atoms with van der Waals surface area (Å²) in [7, 11) is 0. The van der Waals surface area contributed by atoms with Gasteiger partial charge in [-0.3, -0.25) is 14.4 Å². The van der Waals surface area contributed by atoms with E-state index in [1.807, 2.05) is 6.07 Å². The van der Waals surface area contributed by atoms with Gasteiger partial charge in [-0.25, -0.2) is 9.88 Å². The first-order valence-electron chi connectivity index (χ1n) is 6.90. The number of primary amides is 1. The predicted octanol–water partition coefficient (Wildman–Crippen LogP) is 1.60. The van der Waals surface area contributed by atoms with Crippen LogP contribution in [0.25, 0.3) is 0 Å². The lowest BCUT2D eigenvalue weighted by Gasteiger charge is -2.15. The zero-order chi connectivity index (χ0) is 16.4. The first-order valence-corrected chi connectivity index (χ1v) is 7.78. The molecular formula is C16H13N3O3S. The number of rotatable bonds is 4. The lowest BCUT2D eigenvalue weighted by atomic mass is 10.2. The molecule has 1 unspecified atom stereocenters. The molecule has 23 heavy (non-hydrogen) atoms. The lowest BCUT2D eigenvalue weighted by molar-refractivity contribution is -0.121. The normalized spacial score (nSPS) is 17.6. The molecule has 116 valence electrons. The second-order valence-corrected chi connectivity index (χ2v) is 6.18. The molecule has 0 bridgehead atoms. The number of pyridine rings is 1. The summed E-state index contributed by atoms with van der Waals surface area (Å²) >= 11 is 1.27. The van der Waals surface area contributed by atoms with Gasteiger partial charge in [0.2, 0.25) is 17.7 Å².